The molecule has 1 aliphatic rings. The molecule has 1 saturated carbocycles. The molecule has 0 radical (unpaired) electrons. The Bertz CT molecular complexity index is 405. The van der Waals surface area contributed by atoms with Crippen molar-refractivity contribution in [2.45, 2.75) is 64.1 Å². The van der Waals surface area contributed by atoms with Gasteiger partial charge < -0.3 is 14.6 Å². The second kappa shape index (κ2) is 7.81. The number of aliphatic hydroxyl groups is 1. The predicted octanol–water partition coefficient (Wildman–Crippen LogP) is 4.25. The van der Waals surface area contributed by atoms with Crippen molar-refractivity contribution in [1.29, 1.82) is 0 Å². The third-order valence-electron chi connectivity index (χ3n) is 4.39. The molecule has 0 spiro atoms. The minimum Gasteiger partial charge on any atom is -0.494 e. The van der Waals surface area contributed by atoms with Gasteiger partial charge in [0, 0.05) is 6.61 Å². The average Bonchev–Trinajstić information content (AvgIpc) is 2.75. The summed E-state index contributed by atoms with van der Waals surface area (Å²) >= 11 is 0. The lowest BCUT2D eigenvalue weighted by Crippen LogP contribution is -2.39. The normalized spacial score (nSPS) is 19.8. The van der Waals surface area contributed by atoms with E-state index in [9.17, 15) is 5.11 Å². The van der Waals surface area contributed by atoms with Gasteiger partial charge in [-0.05, 0) is 44.4 Å². The molecular weight excluding hydrogens is 264 g/mol. The molecule has 0 aliphatic heterocycles. The molecule has 0 amide bonds. The first-order valence-electron chi connectivity index (χ1n) is 8.26. The molecule has 1 fully saturated rings. The lowest BCUT2D eigenvalue weighted by atomic mass is 9.84. The smallest absolute Gasteiger partial charge is 0.119 e. The number of hydrogen-bond donors (Lipinski definition) is 1. The van der Waals surface area contributed by atoms with Crippen LogP contribution in [0.4, 0.5) is 0 Å². The minimum atomic E-state index is -0.564. The van der Waals surface area contributed by atoms with Gasteiger partial charge in [0.15, 0.2) is 0 Å². The Balaban J connectivity index is 2.18. The van der Waals surface area contributed by atoms with Gasteiger partial charge in [0.1, 0.15) is 11.9 Å². The van der Waals surface area contributed by atoms with Crippen molar-refractivity contribution in [3.8, 4) is 5.75 Å². The molecule has 2 rings (SSSR count). The zero-order valence-corrected chi connectivity index (χ0v) is 13.3. The van der Waals surface area contributed by atoms with Crippen LogP contribution < -0.4 is 4.74 Å². The predicted molar refractivity (Wildman–Crippen MR) is 84.6 cm³/mol. The van der Waals surface area contributed by atoms with Crippen molar-refractivity contribution < 1.29 is 14.6 Å². The molecule has 118 valence electrons. The Hall–Kier alpha value is -1.06. The maximum Gasteiger partial charge on any atom is 0.119 e. The lowest BCUT2D eigenvalue weighted by Gasteiger charge is -2.37. The Kier molecular flexibility index (Phi) is 6.07. The van der Waals surface area contributed by atoms with Crippen LogP contribution in [0.5, 0.6) is 5.75 Å². The summed E-state index contributed by atoms with van der Waals surface area (Å²) in [5.41, 5.74) is 0.507. The zero-order valence-electron chi connectivity index (χ0n) is 13.3. The van der Waals surface area contributed by atoms with Gasteiger partial charge in [0.2, 0.25) is 0 Å². The maximum absolute atomic E-state index is 10.9. The molecule has 3 heteroatoms. The standard InChI is InChI=1S/C18H28O3/c1-3-20-16-11-9-15(10-12-16)17(19)18(21-4-2)13-7-5-6-8-14-18/h9-12,17,19H,3-8,13-14H2,1-2H3. The third-order valence-corrected chi connectivity index (χ3v) is 4.39. The van der Waals surface area contributed by atoms with Crippen molar-refractivity contribution in [1.82, 2.24) is 0 Å². The van der Waals surface area contributed by atoms with Gasteiger partial charge in [0.25, 0.3) is 0 Å². The van der Waals surface area contributed by atoms with Crippen LogP contribution in [-0.2, 0) is 4.74 Å². The van der Waals surface area contributed by atoms with E-state index in [0.29, 0.717) is 13.2 Å². The second-order valence-electron chi connectivity index (χ2n) is 5.82. The van der Waals surface area contributed by atoms with Crippen molar-refractivity contribution in [3.63, 3.8) is 0 Å². The van der Waals surface area contributed by atoms with Gasteiger partial charge >= 0.3 is 0 Å². The van der Waals surface area contributed by atoms with Gasteiger partial charge in [-0.1, -0.05) is 37.8 Å². The quantitative estimate of drug-likeness (QED) is 0.797. The maximum atomic E-state index is 10.9. The van der Waals surface area contributed by atoms with Crippen molar-refractivity contribution in [2.75, 3.05) is 13.2 Å². The van der Waals surface area contributed by atoms with Crippen LogP contribution in [-0.4, -0.2) is 23.9 Å². The highest BCUT2D eigenvalue weighted by Crippen LogP contribution is 2.40. The number of ether oxygens (including phenoxy) is 2. The molecule has 21 heavy (non-hydrogen) atoms. The van der Waals surface area contributed by atoms with Gasteiger partial charge in [-0.3, -0.25) is 0 Å². The van der Waals surface area contributed by atoms with Crippen molar-refractivity contribution >= 4 is 0 Å². The fourth-order valence-electron chi connectivity index (χ4n) is 3.33. The first kappa shape index (κ1) is 16.3. The van der Waals surface area contributed by atoms with Gasteiger partial charge in [-0.2, -0.15) is 0 Å². The molecule has 0 aromatic heterocycles. The Morgan fingerprint density at radius 2 is 1.62 bits per heavy atom. The summed E-state index contributed by atoms with van der Waals surface area (Å²) in [7, 11) is 0. The molecular formula is C18H28O3. The molecule has 1 unspecified atom stereocenters. The third kappa shape index (κ3) is 3.98. The largest absolute Gasteiger partial charge is 0.494 e. The van der Waals surface area contributed by atoms with E-state index in [1.165, 1.54) is 12.8 Å². The van der Waals surface area contributed by atoms with Gasteiger partial charge in [-0.15, -0.1) is 0 Å². The lowest BCUT2D eigenvalue weighted by molar-refractivity contribution is -0.131. The summed E-state index contributed by atoms with van der Waals surface area (Å²) in [5, 5.41) is 10.9. The number of rotatable bonds is 6. The molecule has 0 saturated heterocycles. The summed E-state index contributed by atoms with van der Waals surface area (Å²) in [4.78, 5) is 0. The highest BCUT2D eigenvalue weighted by molar-refractivity contribution is 5.30. The van der Waals surface area contributed by atoms with Crippen LogP contribution >= 0.6 is 0 Å². The van der Waals surface area contributed by atoms with E-state index >= 15 is 0 Å². The van der Waals surface area contributed by atoms with Crippen LogP contribution in [0.15, 0.2) is 24.3 Å². The van der Waals surface area contributed by atoms with Crippen LogP contribution in [0.3, 0.4) is 0 Å². The Morgan fingerprint density at radius 3 is 2.14 bits per heavy atom. The van der Waals surface area contributed by atoms with Crippen LogP contribution in [0.1, 0.15) is 64.0 Å². The van der Waals surface area contributed by atoms with Crippen molar-refractivity contribution in [3.05, 3.63) is 29.8 Å². The van der Waals surface area contributed by atoms with Gasteiger partial charge in [0.05, 0.1) is 12.2 Å². The van der Waals surface area contributed by atoms with E-state index in [4.69, 9.17) is 9.47 Å². The average molecular weight is 292 g/mol. The highest BCUT2D eigenvalue weighted by Gasteiger charge is 2.39. The summed E-state index contributed by atoms with van der Waals surface area (Å²) in [6.45, 7) is 5.29. The topological polar surface area (TPSA) is 38.7 Å². The number of benzene rings is 1. The van der Waals surface area contributed by atoms with E-state index in [0.717, 1.165) is 37.0 Å². The molecule has 0 bridgehead atoms. The number of hydrogen-bond acceptors (Lipinski definition) is 3. The summed E-state index contributed by atoms with van der Waals surface area (Å²) in [6.07, 6.45) is 6.06. The van der Waals surface area contributed by atoms with Crippen molar-refractivity contribution in [2.24, 2.45) is 0 Å². The Morgan fingerprint density at radius 1 is 1.00 bits per heavy atom. The summed E-state index contributed by atoms with van der Waals surface area (Å²) in [5.74, 6) is 0.847. The fourth-order valence-corrected chi connectivity index (χ4v) is 3.33. The van der Waals surface area contributed by atoms with Crippen LogP contribution in [0.2, 0.25) is 0 Å². The first-order valence-corrected chi connectivity index (χ1v) is 8.26. The van der Waals surface area contributed by atoms with Gasteiger partial charge in [-0.25, -0.2) is 0 Å². The molecule has 1 aromatic rings. The van der Waals surface area contributed by atoms with E-state index in [2.05, 4.69) is 0 Å². The van der Waals surface area contributed by atoms with Crippen LogP contribution in [0.25, 0.3) is 0 Å². The molecule has 1 atom stereocenters. The Labute approximate surface area is 128 Å². The summed E-state index contributed by atoms with van der Waals surface area (Å²) in [6, 6.07) is 7.78. The minimum absolute atomic E-state index is 0.418. The molecule has 1 N–H and O–H groups in total. The SMILES string of the molecule is CCOc1ccc(C(O)C2(OCC)CCCCCC2)cc1. The van der Waals surface area contributed by atoms with Crippen LogP contribution in [0, 0.1) is 0 Å². The first-order chi connectivity index (χ1) is 10.2. The van der Waals surface area contributed by atoms with E-state index in [-0.39, 0.29) is 0 Å². The second-order valence-corrected chi connectivity index (χ2v) is 5.82. The molecule has 3 nitrogen and oxygen atoms in total. The molecule has 1 aromatic carbocycles. The zero-order chi connectivity index (χ0) is 15.1. The monoisotopic (exact) mass is 292 g/mol. The fraction of sp³-hybridized carbons (Fsp3) is 0.667. The highest BCUT2D eigenvalue weighted by atomic mass is 16.5. The molecule has 0 heterocycles. The summed E-state index contributed by atoms with van der Waals surface area (Å²) < 4.78 is 11.5. The van der Waals surface area contributed by atoms with E-state index in [1.54, 1.807) is 0 Å². The number of aliphatic hydroxyl groups excluding tert-OH is 1. The van der Waals surface area contributed by atoms with E-state index in [1.807, 2.05) is 38.1 Å². The molecule has 1 aliphatic carbocycles. The van der Waals surface area contributed by atoms with E-state index < -0.39 is 11.7 Å².